The maximum absolute atomic E-state index is 5.87. The molecule has 0 bridgehead atoms. The first-order valence-electron chi connectivity index (χ1n) is 5.86. The number of nitrogens with one attached hydrogen (secondary N) is 1. The molecule has 3 heteroatoms. The monoisotopic (exact) mass is 238 g/mol. The SMILES string of the molecule is C[C@H]1CN(C)CC[C@H]1Nc1ccc(Cl)cc1. The van der Waals surface area contributed by atoms with Gasteiger partial charge in [-0.15, -0.1) is 0 Å². The van der Waals surface area contributed by atoms with Gasteiger partial charge in [0.2, 0.25) is 0 Å². The number of halogens is 1. The van der Waals surface area contributed by atoms with Gasteiger partial charge in [0.25, 0.3) is 0 Å². The zero-order valence-corrected chi connectivity index (χ0v) is 10.7. The van der Waals surface area contributed by atoms with Crippen molar-refractivity contribution in [1.82, 2.24) is 4.90 Å². The van der Waals surface area contributed by atoms with Crippen LogP contribution in [-0.4, -0.2) is 31.1 Å². The maximum Gasteiger partial charge on any atom is 0.0407 e. The largest absolute Gasteiger partial charge is 0.382 e. The van der Waals surface area contributed by atoms with Crippen molar-refractivity contribution in [1.29, 1.82) is 0 Å². The zero-order chi connectivity index (χ0) is 11.5. The average Bonchev–Trinajstić information content (AvgIpc) is 2.25. The van der Waals surface area contributed by atoms with Crippen molar-refractivity contribution in [2.24, 2.45) is 5.92 Å². The molecule has 0 unspecified atom stereocenters. The Balaban J connectivity index is 1.96. The highest BCUT2D eigenvalue weighted by atomic mass is 35.5. The quantitative estimate of drug-likeness (QED) is 0.852. The fraction of sp³-hybridized carbons (Fsp3) is 0.538. The normalized spacial score (nSPS) is 26.7. The molecule has 0 amide bonds. The fourth-order valence-electron chi connectivity index (χ4n) is 2.33. The van der Waals surface area contributed by atoms with Crippen LogP contribution in [0, 0.1) is 5.92 Å². The number of hydrogen-bond acceptors (Lipinski definition) is 2. The molecule has 1 saturated heterocycles. The van der Waals surface area contributed by atoms with Crippen LogP contribution in [0.15, 0.2) is 24.3 Å². The Bertz CT molecular complexity index is 336. The Labute approximate surface area is 103 Å². The first-order valence-corrected chi connectivity index (χ1v) is 6.23. The van der Waals surface area contributed by atoms with Crippen LogP contribution in [-0.2, 0) is 0 Å². The van der Waals surface area contributed by atoms with Gasteiger partial charge >= 0.3 is 0 Å². The van der Waals surface area contributed by atoms with Crippen LogP contribution in [0.2, 0.25) is 5.02 Å². The highest BCUT2D eigenvalue weighted by molar-refractivity contribution is 6.30. The van der Waals surface area contributed by atoms with Crippen molar-refractivity contribution in [2.75, 3.05) is 25.5 Å². The van der Waals surface area contributed by atoms with Gasteiger partial charge in [-0.3, -0.25) is 0 Å². The lowest BCUT2D eigenvalue weighted by atomic mass is 9.94. The molecule has 0 aliphatic carbocycles. The van der Waals surface area contributed by atoms with Gasteiger partial charge in [0.05, 0.1) is 0 Å². The van der Waals surface area contributed by atoms with Gasteiger partial charge in [-0.25, -0.2) is 0 Å². The van der Waals surface area contributed by atoms with Gasteiger partial charge in [0.1, 0.15) is 0 Å². The third kappa shape index (κ3) is 2.89. The summed E-state index contributed by atoms with van der Waals surface area (Å²) >= 11 is 5.87. The number of nitrogens with zero attached hydrogens (tertiary/aromatic N) is 1. The third-order valence-electron chi connectivity index (χ3n) is 3.30. The van der Waals surface area contributed by atoms with E-state index < -0.39 is 0 Å². The van der Waals surface area contributed by atoms with Gasteiger partial charge in [-0.05, 0) is 50.2 Å². The van der Waals surface area contributed by atoms with Crippen molar-refractivity contribution in [2.45, 2.75) is 19.4 Å². The first-order chi connectivity index (χ1) is 7.65. The minimum atomic E-state index is 0.581. The van der Waals surface area contributed by atoms with Crippen LogP contribution in [0.4, 0.5) is 5.69 Å². The van der Waals surface area contributed by atoms with E-state index >= 15 is 0 Å². The van der Waals surface area contributed by atoms with Gasteiger partial charge in [-0.1, -0.05) is 18.5 Å². The molecule has 1 aliphatic rings. The van der Waals surface area contributed by atoms with Crippen LogP contribution in [0.25, 0.3) is 0 Å². The number of piperidine rings is 1. The molecule has 2 rings (SSSR count). The molecule has 1 aromatic rings. The van der Waals surface area contributed by atoms with Crippen LogP contribution < -0.4 is 5.32 Å². The van der Waals surface area contributed by atoms with Crippen LogP contribution in [0.3, 0.4) is 0 Å². The highest BCUT2D eigenvalue weighted by Crippen LogP contribution is 2.21. The lowest BCUT2D eigenvalue weighted by molar-refractivity contribution is 0.206. The smallest absolute Gasteiger partial charge is 0.0407 e. The number of likely N-dealkylation sites (tertiary alicyclic amines) is 1. The molecular weight excluding hydrogens is 220 g/mol. The lowest BCUT2D eigenvalue weighted by Gasteiger charge is -2.35. The van der Waals surface area contributed by atoms with E-state index in [4.69, 9.17) is 11.6 Å². The van der Waals surface area contributed by atoms with Gasteiger partial charge in [-0.2, -0.15) is 0 Å². The van der Waals surface area contributed by atoms with E-state index in [2.05, 4.69) is 24.2 Å². The molecule has 0 radical (unpaired) electrons. The summed E-state index contributed by atoms with van der Waals surface area (Å²) in [5, 5.41) is 4.39. The van der Waals surface area contributed by atoms with Crippen molar-refractivity contribution >= 4 is 17.3 Å². The molecule has 0 aromatic heterocycles. The van der Waals surface area contributed by atoms with E-state index in [9.17, 15) is 0 Å². The van der Waals surface area contributed by atoms with Crippen molar-refractivity contribution in [3.8, 4) is 0 Å². The molecule has 2 atom stereocenters. The Morgan fingerprint density at radius 2 is 2.00 bits per heavy atom. The summed E-state index contributed by atoms with van der Waals surface area (Å²) in [7, 11) is 2.19. The highest BCUT2D eigenvalue weighted by Gasteiger charge is 2.23. The molecule has 0 saturated carbocycles. The molecule has 1 N–H and O–H groups in total. The molecule has 1 fully saturated rings. The van der Waals surface area contributed by atoms with Crippen LogP contribution >= 0.6 is 11.6 Å². The summed E-state index contributed by atoms with van der Waals surface area (Å²) in [6.45, 7) is 4.66. The fourth-order valence-corrected chi connectivity index (χ4v) is 2.45. The summed E-state index contributed by atoms with van der Waals surface area (Å²) in [4.78, 5) is 2.39. The van der Waals surface area contributed by atoms with Gasteiger partial charge in [0, 0.05) is 23.3 Å². The van der Waals surface area contributed by atoms with E-state index in [1.54, 1.807) is 0 Å². The van der Waals surface area contributed by atoms with Crippen LogP contribution in [0.1, 0.15) is 13.3 Å². The Morgan fingerprint density at radius 3 is 2.62 bits per heavy atom. The van der Waals surface area contributed by atoms with Crippen molar-refractivity contribution in [3.05, 3.63) is 29.3 Å². The molecule has 1 heterocycles. The molecular formula is C13H19ClN2. The second-order valence-corrected chi connectivity index (χ2v) is 5.22. The predicted molar refractivity (Wildman–Crippen MR) is 70.1 cm³/mol. The van der Waals surface area contributed by atoms with Gasteiger partial charge in [0.15, 0.2) is 0 Å². The zero-order valence-electron chi connectivity index (χ0n) is 9.91. The summed E-state index contributed by atoms with van der Waals surface area (Å²) in [5.74, 6) is 0.689. The summed E-state index contributed by atoms with van der Waals surface area (Å²) < 4.78 is 0. The molecule has 88 valence electrons. The number of benzene rings is 1. The minimum absolute atomic E-state index is 0.581. The molecule has 2 nitrogen and oxygen atoms in total. The number of hydrogen-bond donors (Lipinski definition) is 1. The Morgan fingerprint density at radius 1 is 1.31 bits per heavy atom. The van der Waals surface area contributed by atoms with E-state index in [1.165, 1.54) is 25.2 Å². The summed E-state index contributed by atoms with van der Waals surface area (Å²) in [6, 6.07) is 8.55. The topological polar surface area (TPSA) is 15.3 Å². The summed E-state index contributed by atoms with van der Waals surface area (Å²) in [5.41, 5.74) is 1.17. The Kier molecular flexibility index (Phi) is 3.72. The minimum Gasteiger partial charge on any atom is -0.382 e. The molecule has 1 aromatic carbocycles. The summed E-state index contributed by atoms with van der Waals surface area (Å²) in [6.07, 6.45) is 1.21. The molecule has 1 aliphatic heterocycles. The second-order valence-electron chi connectivity index (χ2n) is 4.79. The average molecular weight is 239 g/mol. The second kappa shape index (κ2) is 5.07. The van der Waals surface area contributed by atoms with Crippen molar-refractivity contribution in [3.63, 3.8) is 0 Å². The number of rotatable bonds is 2. The Hall–Kier alpha value is -0.730. The van der Waals surface area contributed by atoms with E-state index in [0.29, 0.717) is 12.0 Å². The first kappa shape index (κ1) is 11.7. The maximum atomic E-state index is 5.87. The van der Waals surface area contributed by atoms with Gasteiger partial charge < -0.3 is 10.2 Å². The predicted octanol–water partition coefficient (Wildman–Crippen LogP) is 3.09. The standard InChI is InChI=1S/C13H19ClN2/c1-10-9-16(2)8-7-13(10)15-12-5-3-11(14)4-6-12/h3-6,10,13,15H,7-9H2,1-2H3/t10-,13+/m0/s1. The van der Waals surface area contributed by atoms with E-state index in [-0.39, 0.29) is 0 Å². The van der Waals surface area contributed by atoms with Crippen LogP contribution in [0.5, 0.6) is 0 Å². The molecule has 0 spiro atoms. The molecule has 16 heavy (non-hydrogen) atoms. The number of anilines is 1. The van der Waals surface area contributed by atoms with E-state index in [0.717, 1.165) is 5.02 Å². The van der Waals surface area contributed by atoms with Crippen molar-refractivity contribution < 1.29 is 0 Å². The van der Waals surface area contributed by atoms with E-state index in [1.807, 2.05) is 24.3 Å². The lowest BCUT2D eigenvalue weighted by Crippen LogP contribution is -2.43. The third-order valence-corrected chi connectivity index (χ3v) is 3.56.